The fourth-order valence-corrected chi connectivity index (χ4v) is 1.07. The van der Waals surface area contributed by atoms with Gasteiger partial charge in [-0.25, -0.2) is 4.79 Å². The predicted octanol–water partition coefficient (Wildman–Crippen LogP) is 1.58. The number of carboxylic acid groups (broad SMARTS) is 1. The number of nitrogens with two attached hydrogens (primary N) is 1. The third-order valence-electron chi connectivity index (χ3n) is 2.06. The van der Waals surface area contributed by atoms with Crippen molar-refractivity contribution in [3.8, 4) is 0 Å². The van der Waals surface area contributed by atoms with Crippen molar-refractivity contribution in [2.24, 2.45) is 0 Å². The molecule has 0 spiro atoms. The Balaban J connectivity index is 3.36. The highest BCUT2D eigenvalue weighted by Gasteiger charge is 2.09. The van der Waals surface area contributed by atoms with Crippen LogP contribution in [0.2, 0.25) is 0 Å². The molecular weight excluding hydrogens is 154 g/mol. The van der Waals surface area contributed by atoms with E-state index in [2.05, 4.69) is 0 Å². The van der Waals surface area contributed by atoms with Crippen LogP contribution in [0.3, 0.4) is 0 Å². The van der Waals surface area contributed by atoms with Crippen molar-refractivity contribution in [1.82, 2.24) is 0 Å². The zero-order chi connectivity index (χ0) is 9.30. The van der Waals surface area contributed by atoms with E-state index in [0.29, 0.717) is 11.3 Å². The summed E-state index contributed by atoms with van der Waals surface area (Å²) in [6, 6.07) is 3.14. The summed E-state index contributed by atoms with van der Waals surface area (Å²) in [7, 11) is 0. The second-order valence-electron chi connectivity index (χ2n) is 2.76. The molecule has 0 fully saturated rings. The van der Waals surface area contributed by atoms with Crippen molar-refractivity contribution < 1.29 is 9.90 Å². The Bertz CT molecular complexity index is 332. The summed E-state index contributed by atoms with van der Waals surface area (Å²) in [5.74, 6) is -0.907. The Labute approximate surface area is 70.8 Å². The average Bonchev–Trinajstić information content (AvgIpc) is 2.00. The van der Waals surface area contributed by atoms with Crippen molar-refractivity contribution in [3.63, 3.8) is 0 Å². The predicted molar refractivity (Wildman–Crippen MR) is 47.3 cm³/mol. The van der Waals surface area contributed by atoms with E-state index in [1.165, 1.54) is 6.07 Å². The lowest BCUT2D eigenvalue weighted by atomic mass is 10.0. The number of hydrogen-bond donors (Lipinski definition) is 2. The SMILES string of the molecule is Cc1c(N)ccc(C(=O)O)c1C. The van der Waals surface area contributed by atoms with Crippen molar-refractivity contribution in [3.05, 3.63) is 28.8 Å². The fourth-order valence-electron chi connectivity index (χ4n) is 1.07. The highest BCUT2D eigenvalue weighted by molar-refractivity contribution is 5.90. The molecule has 3 nitrogen and oxygen atoms in total. The van der Waals surface area contributed by atoms with E-state index in [1.807, 2.05) is 6.92 Å². The molecule has 3 heteroatoms. The normalized spacial score (nSPS) is 9.83. The van der Waals surface area contributed by atoms with Gasteiger partial charge in [0.05, 0.1) is 5.56 Å². The molecule has 0 saturated heterocycles. The molecule has 0 radical (unpaired) electrons. The second-order valence-corrected chi connectivity index (χ2v) is 2.76. The number of nitrogen functional groups attached to an aromatic ring is 1. The van der Waals surface area contributed by atoms with E-state index in [9.17, 15) is 4.79 Å². The number of anilines is 1. The smallest absolute Gasteiger partial charge is 0.335 e. The van der Waals surface area contributed by atoms with E-state index in [0.717, 1.165) is 11.1 Å². The van der Waals surface area contributed by atoms with Crippen LogP contribution in [0.15, 0.2) is 12.1 Å². The number of aromatic carboxylic acids is 1. The van der Waals surface area contributed by atoms with Gasteiger partial charge < -0.3 is 10.8 Å². The summed E-state index contributed by atoms with van der Waals surface area (Å²) in [5.41, 5.74) is 8.14. The van der Waals surface area contributed by atoms with Crippen LogP contribution in [0.4, 0.5) is 5.69 Å². The Morgan fingerprint density at radius 2 is 1.92 bits per heavy atom. The first kappa shape index (κ1) is 8.59. The van der Waals surface area contributed by atoms with E-state index in [4.69, 9.17) is 10.8 Å². The van der Waals surface area contributed by atoms with Crippen LogP contribution in [0.25, 0.3) is 0 Å². The largest absolute Gasteiger partial charge is 0.478 e. The molecule has 0 aliphatic rings. The lowest BCUT2D eigenvalue weighted by Crippen LogP contribution is -2.03. The molecular formula is C9H11NO2. The highest BCUT2D eigenvalue weighted by Crippen LogP contribution is 2.18. The van der Waals surface area contributed by atoms with Crippen LogP contribution in [0.5, 0.6) is 0 Å². The Hall–Kier alpha value is -1.51. The monoisotopic (exact) mass is 165 g/mol. The van der Waals surface area contributed by atoms with Crippen molar-refractivity contribution >= 4 is 11.7 Å². The zero-order valence-corrected chi connectivity index (χ0v) is 7.09. The van der Waals surface area contributed by atoms with Gasteiger partial charge in [0.25, 0.3) is 0 Å². The van der Waals surface area contributed by atoms with E-state index in [-0.39, 0.29) is 0 Å². The van der Waals surface area contributed by atoms with Crippen LogP contribution in [0, 0.1) is 13.8 Å². The van der Waals surface area contributed by atoms with Gasteiger partial charge in [-0.3, -0.25) is 0 Å². The summed E-state index contributed by atoms with van der Waals surface area (Å²) in [6.07, 6.45) is 0. The van der Waals surface area contributed by atoms with E-state index in [1.54, 1.807) is 13.0 Å². The molecule has 0 saturated carbocycles. The third kappa shape index (κ3) is 1.25. The van der Waals surface area contributed by atoms with Gasteiger partial charge in [0.1, 0.15) is 0 Å². The first-order valence-corrected chi connectivity index (χ1v) is 3.63. The first-order valence-electron chi connectivity index (χ1n) is 3.63. The molecule has 0 heterocycles. The molecule has 1 aromatic rings. The van der Waals surface area contributed by atoms with Gasteiger partial charge in [-0.1, -0.05) is 0 Å². The summed E-state index contributed by atoms with van der Waals surface area (Å²) < 4.78 is 0. The van der Waals surface area contributed by atoms with Crippen molar-refractivity contribution in [2.75, 3.05) is 5.73 Å². The van der Waals surface area contributed by atoms with Gasteiger partial charge in [0, 0.05) is 5.69 Å². The molecule has 0 aliphatic heterocycles. The van der Waals surface area contributed by atoms with Gasteiger partial charge in [-0.15, -0.1) is 0 Å². The van der Waals surface area contributed by atoms with E-state index >= 15 is 0 Å². The fraction of sp³-hybridized carbons (Fsp3) is 0.222. The Morgan fingerprint density at radius 3 is 2.42 bits per heavy atom. The van der Waals surface area contributed by atoms with Crippen molar-refractivity contribution in [2.45, 2.75) is 13.8 Å². The molecule has 0 aromatic heterocycles. The van der Waals surface area contributed by atoms with Crippen LogP contribution < -0.4 is 5.73 Å². The molecule has 0 bridgehead atoms. The number of carbonyl (C=O) groups is 1. The van der Waals surface area contributed by atoms with Gasteiger partial charge in [0.2, 0.25) is 0 Å². The second kappa shape index (κ2) is 2.85. The number of carboxylic acids is 1. The summed E-state index contributed by atoms with van der Waals surface area (Å²) in [4.78, 5) is 10.6. The lowest BCUT2D eigenvalue weighted by molar-refractivity contribution is 0.0696. The number of benzene rings is 1. The lowest BCUT2D eigenvalue weighted by Gasteiger charge is -2.06. The van der Waals surface area contributed by atoms with Crippen LogP contribution in [0.1, 0.15) is 21.5 Å². The maximum atomic E-state index is 10.6. The van der Waals surface area contributed by atoms with Gasteiger partial charge >= 0.3 is 5.97 Å². The Morgan fingerprint density at radius 1 is 1.33 bits per heavy atom. The number of rotatable bonds is 1. The zero-order valence-electron chi connectivity index (χ0n) is 7.09. The minimum Gasteiger partial charge on any atom is -0.478 e. The summed E-state index contributed by atoms with van der Waals surface area (Å²) >= 11 is 0. The molecule has 0 unspecified atom stereocenters. The number of hydrogen-bond acceptors (Lipinski definition) is 2. The van der Waals surface area contributed by atoms with Crippen LogP contribution in [-0.4, -0.2) is 11.1 Å². The molecule has 3 N–H and O–H groups in total. The maximum absolute atomic E-state index is 10.6. The van der Waals surface area contributed by atoms with Crippen LogP contribution in [-0.2, 0) is 0 Å². The highest BCUT2D eigenvalue weighted by atomic mass is 16.4. The minimum absolute atomic E-state index is 0.321. The van der Waals surface area contributed by atoms with Crippen LogP contribution >= 0.6 is 0 Å². The Kier molecular flexibility index (Phi) is 2.04. The minimum atomic E-state index is -0.907. The maximum Gasteiger partial charge on any atom is 0.335 e. The van der Waals surface area contributed by atoms with E-state index < -0.39 is 5.97 Å². The summed E-state index contributed by atoms with van der Waals surface area (Å²) in [6.45, 7) is 3.58. The molecule has 1 rings (SSSR count). The van der Waals surface area contributed by atoms with Gasteiger partial charge in [-0.05, 0) is 37.1 Å². The standard InChI is InChI=1S/C9H11NO2/c1-5-6(2)8(10)4-3-7(5)9(11)12/h3-4H,10H2,1-2H3,(H,11,12). The molecule has 64 valence electrons. The molecule has 12 heavy (non-hydrogen) atoms. The van der Waals surface area contributed by atoms with Gasteiger partial charge in [-0.2, -0.15) is 0 Å². The first-order chi connectivity index (χ1) is 5.54. The average molecular weight is 165 g/mol. The molecule has 1 aromatic carbocycles. The third-order valence-corrected chi connectivity index (χ3v) is 2.06. The summed E-state index contributed by atoms with van der Waals surface area (Å²) in [5, 5.41) is 8.74. The molecule has 0 amide bonds. The molecule has 0 atom stereocenters. The molecule has 0 aliphatic carbocycles. The van der Waals surface area contributed by atoms with Crippen molar-refractivity contribution in [1.29, 1.82) is 0 Å². The van der Waals surface area contributed by atoms with Gasteiger partial charge in [0.15, 0.2) is 0 Å². The quantitative estimate of drug-likeness (QED) is 0.621. The topological polar surface area (TPSA) is 63.3 Å².